The van der Waals surface area contributed by atoms with Gasteiger partial charge < -0.3 is 89.9 Å². The molecule has 0 spiro atoms. The zero-order chi connectivity index (χ0) is 69.6. The highest BCUT2D eigenvalue weighted by Crippen LogP contribution is 2.33. The van der Waals surface area contributed by atoms with Crippen LogP contribution in [0.3, 0.4) is 0 Å². The summed E-state index contributed by atoms with van der Waals surface area (Å²) in [4.78, 5) is 13.5. The van der Waals surface area contributed by atoms with Crippen molar-refractivity contribution in [1.29, 1.82) is 0 Å². The van der Waals surface area contributed by atoms with Crippen molar-refractivity contribution in [3.63, 3.8) is 0 Å². The topological polar surface area (TPSA) is 307 Å². The molecule has 17 atom stereocenters. The largest absolute Gasteiger partial charge is 0.394 e. The van der Waals surface area contributed by atoms with Crippen LogP contribution in [0.4, 0.5) is 0 Å². The first-order valence-electron chi connectivity index (χ1n) is 38.2. The molecule has 96 heavy (non-hydrogen) atoms. The Labute approximate surface area is 578 Å². The van der Waals surface area contributed by atoms with E-state index in [1.807, 2.05) is 6.08 Å². The number of ether oxygens (including phenoxy) is 6. The van der Waals surface area contributed by atoms with Crippen LogP contribution in [0, 0.1) is 0 Å². The van der Waals surface area contributed by atoms with Crippen LogP contribution < -0.4 is 5.32 Å². The predicted molar refractivity (Wildman–Crippen MR) is 378 cm³/mol. The molecule has 0 bridgehead atoms. The number of carbonyl (C=O) groups excluding carboxylic acids is 1. The number of amides is 1. The standard InChI is InChI=1S/C77H137NO18/c1-3-5-7-9-11-13-15-17-19-21-23-25-27-29-30-31-33-35-37-39-41-43-45-47-49-51-53-55-65(83)78-60(61(82)54-52-50-48-46-44-42-40-38-36-34-32-28-26-24-22-20-18-16-14-12-10-8-6-4-2)59-91-75-71(89)68(86)73(63(57-80)93-75)96-77-72(90)69(87)74(64(58-81)94-77)95-76-70(88)67(85)66(84)62(56-79)92-76/h5,7,11,13,17,19,23,25,44,46,52,54,60-64,66-77,79-82,84-90H,3-4,6,8-10,12,14-16,18,20-22,24,26-43,45,47-51,53,55-59H2,1-2H3,(H,78,83)/b7-5-,13-11-,19-17-,25-23-,46-44+,54-52+. The fraction of sp³-hybridized carbons (Fsp3) is 0.831. The van der Waals surface area contributed by atoms with Crippen LogP contribution >= 0.6 is 0 Å². The van der Waals surface area contributed by atoms with Crippen molar-refractivity contribution in [2.45, 2.75) is 381 Å². The molecule has 0 aromatic carbocycles. The van der Waals surface area contributed by atoms with Crippen molar-refractivity contribution in [3.05, 3.63) is 72.9 Å². The lowest BCUT2D eigenvalue weighted by Crippen LogP contribution is -2.66. The van der Waals surface area contributed by atoms with E-state index in [0.29, 0.717) is 12.8 Å². The number of aliphatic hydroxyl groups excluding tert-OH is 11. The molecule has 3 aliphatic rings. The van der Waals surface area contributed by atoms with E-state index in [2.05, 4.69) is 79.9 Å². The second-order valence-electron chi connectivity index (χ2n) is 27.1. The monoisotopic (exact) mass is 1360 g/mol. The first-order valence-corrected chi connectivity index (χ1v) is 38.2. The number of unbranched alkanes of at least 4 members (excludes halogenated alkanes) is 33. The van der Waals surface area contributed by atoms with Crippen LogP contribution in [0.1, 0.15) is 277 Å². The van der Waals surface area contributed by atoms with Gasteiger partial charge in [0.15, 0.2) is 18.9 Å². The lowest BCUT2D eigenvalue weighted by molar-refractivity contribution is -0.379. The molecule has 0 aromatic rings. The van der Waals surface area contributed by atoms with Gasteiger partial charge >= 0.3 is 0 Å². The van der Waals surface area contributed by atoms with Gasteiger partial charge in [0.05, 0.1) is 38.6 Å². The van der Waals surface area contributed by atoms with E-state index < -0.39 is 124 Å². The normalized spacial score (nSPS) is 27.4. The van der Waals surface area contributed by atoms with Crippen LogP contribution in [-0.2, 0) is 33.2 Å². The molecule has 3 saturated heterocycles. The Hall–Kier alpha value is -2.77. The van der Waals surface area contributed by atoms with Crippen molar-refractivity contribution in [2.75, 3.05) is 26.4 Å². The molecule has 3 rings (SSSR count). The summed E-state index contributed by atoms with van der Waals surface area (Å²) in [5.41, 5.74) is 0. The maximum absolute atomic E-state index is 13.5. The van der Waals surface area contributed by atoms with Crippen LogP contribution in [0.15, 0.2) is 72.9 Å². The molecular formula is C77H137NO18. The molecule has 19 heteroatoms. The zero-order valence-electron chi connectivity index (χ0n) is 59.3. The Morgan fingerprint density at radius 3 is 1.17 bits per heavy atom. The van der Waals surface area contributed by atoms with Crippen molar-refractivity contribution in [1.82, 2.24) is 5.32 Å². The molecule has 0 aromatic heterocycles. The third-order valence-electron chi connectivity index (χ3n) is 18.7. The quantitative estimate of drug-likeness (QED) is 0.0199. The Bertz CT molecular complexity index is 2020. The van der Waals surface area contributed by atoms with Crippen molar-refractivity contribution in [2.24, 2.45) is 0 Å². The Morgan fingerprint density at radius 1 is 0.385 bits per heavy atom. The van der Waals surface area contributed by atoms with E-state index in [1.54, 1.807) is 6.08 Å². The van der Waals surface area contributed by atoms with Gasteiger partial charge in [-0.15, -0.1) is 0 Å². The molecular weight excluding hydrogens is 1230 g/mol. The number of carbonyl (C=O) groups is 1. The van der Waals surface area contributed by atoms with Crippen molar-refractivity contribution < 1.29 is 89.4 Å². The second kappa shape index (κ2) is 57.8. The summed E-state index contributed by atoms with van der Waals surface area (Å²) in [5.74, 6) is -0.286. The van der Waals surface area contributed by atoms with E-state index in [9.17, 15) is 61.0 Å². The minimum absolute atomic E-state index is 0.232. The second-order valence-corrected chi connectivity index (χ2v) is 27.1. The summed E-state index contributed by atoms with van der Waals surface area (Å²) in [6, 6.07) is -0.995. The number of allylic oxidation sites excluding steroid dienone is 11. The molecule has 19 nitrogen and oxygen atoms in total. The average Bonchev–Trinajstić information content (AvgIpc) is 1.09. The minimum atomic E-state index is -1.98. The van der Waals surface area contributed by atoms with Gasteiger partial charge in [-0.1, -0.05) is 273 Å². The molecule has 1 amide bonds. The van der Waals surface area contributed by atoms with Gasteiger partial charge in [0.2, 0.25) is 5.91 Å². The summed E-state index contributed by atoms with van der Waals surface area (Å²) in [6.45, 7) is 1.63. The molecule has 3 heterocycles. The van der Waals surface area contributed by atoms with Crippen LogP contribution in [-0.4, -0.2) is 193 Å². The first-order chi connectivity index (χ1) is 46.8. The Balaban J connectivity index is 1.41. The van der Waals surface area contributed by atoms with Gasteiger partial charge in [0.1, 0.15) is 73.2 Å². The summed E-state index contributed by atoms with van der Waals surface area (Å²) < 4.78 is 34.4. The summed E-state index contributed by atoms with van der Waals surface area (Å²) in [5, 5.41) is 121. The lowest BCUT2D eigenvalue weighted by atomic mass is 9.96. The zero-order valence-corrected chi connectivity index (χ0v) is 59.3. The van der Waals surface area contributed by atoms with Gasteiger partial charge in [-0.2, -0.15) is 0 Å². The molecule has 0 saturated carbocycles. The number of hydrogen-bond donors (Lipinski definition) is 12. The molecule has 3 aliphatic heterocycles. The maximum Gasteiger partial charge on any atom is 0.220 e. The maximum atomic E-state index is 13.5. The smallest absolute Gasteiger partial charge is 0.220 e. The van der Waals surface area contributed by atoms with Gasteiger partial charge in [-0.25, -0.2) is 0 Å². The van der Waals surface area contributed by atoms with E-state index in [0.717, 1.165) is 70.6 Å². The number of rotatable bonds is 59. The number of aliphatic hydroxyl groups is 11. The predicted octanol–water partition coefficient (Wildman–Crippen LogP) is 11.7. The fourth-order valence-corrected chi connectivity index (χ4v) is 12.6. The van der Waals surface area contributed by atoms with Crippen molar-refractivity contribution >= 4 is 5.91 Å². The van der Waals surface area contributed by atoms with Crippen LogP contribution in [0.25, 0.3) is 0 Å². The lowest BCUT2D eigenvalue weighted by Gasteiger charge is -2.48. The molecule has 3 fully saturated rings. The van der Waals surface area contributed by atoms with Gasteiger partial charge in [0.25, 0.3) is 0 Å². The van der Waals surface area contributed by atoms with E-state index in [1.165, 1.54) is 173 Å². The average molecular weight is 1360 g/mol. The Kier molecular flexibility index (Phi) is 52.7. The van der Waals surface area contributed by atoms with Crippen LogP contribution in [0.5, 0.6) is 0 Å². The summed E-state index contributed by atoms with van der Waals surface area (Å²) in [6.07, 6.45) is 47.4. The minimum Gasteiger partial charge on any atom is -0.394 e. The first kappa shape index (κ1) is 87.4. The van der Waals surface area contributed by atoms with Gasteiger partial charge in [-0.3, -0.25) is 4.79 Å². The third-order valence-corrected chi connectivity index (χ3v) is 18.7. The van der Waals surface area contributed by atoms with Gasteiger partial charge in [0, 0.05) is 6.42 Å². The molecule has 558 valence electrons. The number of nitrogens with one attached hydrogen (secondary N) is 1. The highest BCUT2D eigenvalue weighted by molar-refractivity contribution is 5.76. The summed E-state index contributed by atoms with van der Waals surface area (Å²) >= 11 is 0. The molecule has 12 N–H and O–H groups in total. The SMILES string of the molecule is CC/C=C\C/C=C\C/C=C\C/C=C\CCCCCCCCCCCCCCCCC(=O)NC(COC1OC(CO)C(OC2OC(CO)C(OC3OC(CO)C(O)C(O)C3O)C(O)C2O)C(O)C1O)C(O)/C=C/CC/C=C/CCCCCCCCCCCCCCCCCCCC. The molecule has 0 radical (unpaired) electrons. The van der Waals surface area contributed by atoms with Crippen molar-refractivity contribution in [3.8, 4) is 0 Å². The van der Waals surface area contributed by atoms with E-state index in [-0.39, 0.29) is 18.9 Å². The summed E-state index contributed by atoms with van der Waals surface area (Å²) in [7, 11) is 0. The molecule has 0 aliphatic carbocycles. The van der Waals surface area contributed by atoms with E-state index >= 15 is 0 Å². The highest BCUT2D eigenvalue weighted by Gasteiger charge is 2.53. The molecule has 17 unspecified atom stereocenters. The fourth-order valence-electron chi connectivity index (χ4n) is 12.6. The third kappa shape index (κ3) is 38.3. The highest BCUT2D eigenvalue weighted by atomic mass is 16.8. The number of hydrogen-bond acceptors (Lipinski definition) is 18. The van der Waals surface area contributed by atoms with Crippen LogP contribution in [0.2, 0.25) is 0 Å². The van der Waals surface area contributed by atoms with E-state index in [4.69, 9.17) is 28.4 Å². The van der Waals surface area contributed by atoms with Gasteiger partial charge in [-0.05, 0) is 70.6 Å². The Morgan fingerprint density at radius 2 is 0.729 bits per heavy atom.